The Kier molecular flexibility index (Phi) is 5.09. The highest BCUT2D eigenvalue weighted by Crippen LogP contribution is 2.24. The molecular weight excluding hydrogens is 267 g/mol. The predicted octanol–water partition coefficient (Wildman–Crippen LogP) is 3.78. The number of halogens is 1. The molecule has 0 amide bonds. The molecule has 1 atom stereocenters. The van der Waals surface area contributed by atoms with Crippen molar-refractivity contribution in [1.29, 1.82) is 0 Å². The van der Waals surface area contributed by atoms with Crippen LogP contribution in [0, 0.1) is 5.82 Å². The maximum atomic E-state index is 13.0. The molecule has 1 aromatic heterocycles. The summed E-state index contributed by atoms with van der Waals surface area (Å²) in [5, 5.41) is 6.63. The summed E-state index contributed by atoms with van der Waals surface area (Å²) in [6.07, 6.45) is 2.39. The van der Waals surface area contributed by atoms with Crippen molar-refractivity contribution in [1.82, 2.24) is 9.97 Å². The summed E-state index contributed by atoms with van der Waals surface area (Å²) in [6, 6.07) is 6.55. The van der Waals surface area contributed by atoms with Crippen LogP contribution >= 0.6 is 0 Å². The molecule has 0 bridgehead atoms. The molecule has 0 saturated carbocycles. The lowest BCUT2D eigenvalue weighted by Crippen LogP contribution is -2.12. The van der Waals surface area contributed by atoms with Crippen LogP contribution in [-0.4, -0.2) is 16.5 Å². The Labute approximate surface area is 124 Å². The lowest BCUT2D eigenvalue weighted by Gasteiger charge is -2.18. The number of nitrogens with one attached hydrogen (secondary N) is 2. The first-order valence-electron chi connectivity index (χ1n) is 7.25. The molecule has 1 heterocycles. The van der Waals surface area contributed by atoms with Gasteiger partial charge in [-0.15, -0.1) is 0 Å². The highest BCUT2D eigenvalue weighted by atomic mass is 19.1. The van der Waals surface area contributed by atoms with Crippen LogP contribution in [0.15, 0.2) is 30.6 Å². The van der Waals surface area contributed by atoms with E-state index in [4.69, 9.17) is 0 Å². The van der Waals surface area contributed by atoms with E-state index in [0.717, 1.165) is 35.7 Å². The number of aromatic nitrogens is 2. The highest BCUT2D eigenvalue weighted by molar-refractivity contribution is 5.58. The van der Waals surface area contributed by atoms with E-state index in [2.05, 4.69) is 27.5 Å². The Bertz CT molecular complexity index is 583. The number of hydrogen-bond donors (Lipinski definition) is 2. The zero-order chi connectivity index (χ0) is 15.2. The molecule has 0 saturated heterocycles. The smallest absolute Gasteiger partial charge is 0.135 e. The number of hydrogen-bond acceptors (Lipinski definition) is 4. The average Bonchev–Trinajstić information content (AvgIpc) is 2.48. The largest absolute Gasteiger partial charge is 0.370 e. The fraction of sp³-hybridized carbons (Fsp3) is 0.375. The van der Waals surface area contributed by atoms with E-state index in [1.54, 1.807) is 18.5 Å². The van der Waals surface area contributed by atoms with Crippen LogP contribution < -0.4 is 10.6 Å². The molecule has 2 rings (SSSR count). The molecule has 5 heteroatoms. The van der Waals surface area contributed by atoms with E-state index >= 15 is 0 Å². The van der Waals surface area contributed by atoms with Crippen molar-refractivity contribution in [2.75, 3.05) is 17.2 Å². The minimum Gasteiger partial charge on any atom is -0.370 e. The standard InChI is InChI=1S/C16H21FN4/c1-4-14-15(18-5-2)19-10-20-16(14)21-11(3)12-6-8-13(17)9-7-12/h6-11H,4-5H2,1-3H3,(H2,18,19,20,21). The molecule has 0 aliphatic carbocycles. The first-order chi connectivity index (χ1) is 10.2. The monoisotopic (exact) mass is 288 g/mol. The van der Waals surface area contributed by atoms with E-state index in [9.17, 15) is 4.39 Å². The number of rotatable bonds is 6. The van der Waals surface area contributed by atoms with Gasteiger partial charge in [-0.25, -0.2) is 14.4 Å². The molecule has 0 radical (unpaired) electrons. The SMILES string of the molecule is CCNc1ncnc(NC(C)c2ccc(F)cc2)c1CC. The van der Waals surface area contributed by atoms with Gasteiger partial charge in [-0.1, -0.05) is 19.1 Å². The van der Waals surface area contributed by atoms with Crippen LogP contribution in [0.4, 0.5) is 16.0 Å². The average molecular weight is 288 g/mol. The van der Waals surface area contributed by atoms with Crippen molar-refractivity contribution >= 4 is 11.6 Å². The van der Waals surface area contributed by atoms with E-state index < -0.39 is 0 Å². The van der Waals surface area contributed by atoms with Gasteiger partial charge in [0.25, 0.3) is 0 Å². The Hall–Kier alpha value is -2.17. The molecule has 1 unspecified atom stereocenters. The summed E-state index contributed by atoms with van der Waals surface area (Å²) < 4.78 is 13.0. The second-order valence-corrected chi connectivity index (χ2v) is 4.85. The summed E-state index contributed by atoms with van der Waals surface area (Å²) in [5.74, 6) is 1.46. The van der Waals surface area contributed by atoms with Crippen molar-refractivity contribution < 1.29 is 4.39 Å². The fourth-order valence-electron chi connectivity index (χ4n) is 2.23. The highest BCUT2D eigenvalue weighted by Gasteiger charge is 2.12. The molecule has 0 fully saturated rings. The summed E-state index contributed by atoms with van der Waals surface area (Å²) in [4.78, 5) is 8.62. The van der Waals surface area contributed by atoms with Crippen molar-refractivity contribution in [2.24, 2.45) is 0 Å². The van der Waals surface area contributed by atoms with Crippen molar-refractivity contribution in [3.63, 3.8) is 0 Å². The van der Waals surface area contributed by atoms with E-state index in [1.807, 2.05) is 13.8 Å². The van der Waals surface area contributed by atoms with Crippen LogP contribution in [0.3, 0.4) is 0 Å². The molecule has 2 aromatic rings. The molecule has 2 N–H and O–H groups in total. The third-order valence-electron chi connectivity index (χ3n) is 3.37. The van der Waals surface area contributed by atoms with Gasteiger partial charge in [0.1, 0.15) is 23.8 Å². The Morgan fingerprint density at radius 2 is 1.76 bits per heavy atom. The van der Waals surface area contributed by atoms with E-state index in [1.165, 1.54) is 12.1 Å². The fourth-order valence-corrected chi connectivity index (χ4v) is 2.23. The number of anilines is 2. The van der Waals surface area contributed by atoms with Gasteiger partial charge in [-0.05, 0) is 38.0 Å². The summed E-state index contributed by atoms with van der Waals surface area (Å²) >= 11 is 0. The van der Waals surface area contributed by atoms with Gasteiger partial charge >= 0.3 is 0 Å². The van der Waals surface area contributed by atoms with E-state index in [0.29, 0.717) is 0 Å². The molecule has 0 spiro atoms. The number of nitrogens with zero attached hydrogens (tertiary/aromatic N) is 2. The normalized spacial score (nSPS) is 12.0. The summed E-state index contributed by atoms with van der Waals surface area (Å²) in [6.45, 7) is 6.96. The van der Waals surface area contributed by atoms with Crippen molar-refractivity contribution in [3.05, 3.63) is 47.5 Å². The third kappa shape index (κ3) is 3.68. The Balaban J connectivity index is 2.22. The maximum Gasteiger partial charge on any atom is 0.135 e. The Morgan fingerprint density at radius 1 is 1.10 bits per heavy atom. The van der Waals surface area contributed by atoms with Gasteiger partial charge < -0.3 is 10.6 Å². The molecule has 0 aliphatic rings. The van der Waals surface area contributed by atoms with Gasteiger partial charge in [0.05, 0.1) is 0 Å². The predicted molar refractivity (Wildman–Crippen MR) is 84.0 cm³/mol. The molecule has 1 aromatic carbocycles. The van der Waals surface area contributed by atoms with Crippen LogP contribution in [0.2, 0.25) is 0 Å². The Morgan fingerprint density at radius 3 is 2.38 bits per heavy atom. The van der Waals surface area contributed by atoms with Gasteiger partial charge in [-0.2, -0.15) is 0 Å². The van der Waals surface area contributed by atoms with Crippen LogP contribution in [-0.2, 0) is 6.42 Å². The van der Waals surface area contributed by atoms with Gasteiger partial charge in [0, 0.05) is 18.2 Å². The first-order valence-corrected chi connectivity index (χ1v) is 7.25. The first kappa shape index (κ1) is 15.2. The second-order valence-electron chi connectivity index (χ2n) is 4.85. The zero-order valence-corrected chi connectivity index (χ0v) is 12.7. The van der Waals surface area contributed by atoms with Crippen LogP contribution in [0.25, 0.3) is 0 Å². The van der Waals surface area contributed by atoms with Crippen LogP contribution in [0.1, 0.15) is 37.9 Å². The minimum atomic E-state index is -0.225. The van der Waals surface area contributed by atoms with Crippen LogP contribution in [0.5, 0.6) is 0 Å². The van der Waals surface area contributed by atoms with Crippen molar-refractivity contribution in [2.45, 2.75) is 33.2 Å². The molecule has 4 nitrogen and oxygen atoms in total. The maximum absolute atomic E-state index is 13.0. The summed E-state index contributed by atoms with van der Waals surface area (Å²) in [5.41, 5.74) is 2.08. The van der Waals surface area contributed by atoms with Gasteiger partial charge in [0.15, 0.2) is 0 Å². The minimum absolute atomic E-state index is 0.0419. The summed E-state index contributed by atoms with van der Waals surface area (Å²) in [7, 11) is 0. The second kappa shape index (κ2) is 7.02. The molecule has 0 aliphatic heterocycles. The topological polar surface area (TPSA) is 49.8 Å². The lowest BCUT2D eigenvalue weighted by molar-refractivity contribution is 0.626. The molecule has 112 valence electrons. The number of benzene rings is 1. The van der Waals surface area contributed by atoms with Crippen molar-refractivity contribution in [3.8, 4) is 0 Å². The van der Waals surface area contributed by atoms with Gasteiger partial charge in [0.2, 0.25) is 0 Å². The molecule has 21 heavy (non-hydrogen) atoms. The zero-order valence-electron chi connectivity index (χ0n) is 12.7. The lowest BCUT2D eigenvalue weighted by atomic mass is 10.1. The quantitative estimate of drug-likeness (QED) is 0.849. The molecular formula is C16H21FN4. The van der Waals surface area contributed by atoms with E-state index in [-0.39, 0.29) is 11.9 Å². The third-order valence-corrected chi connectivity index (χ3v) is 3.37. The van der Waals surface area contributed by atoms with Gasteiger partial charge in [-0.3, -0.25) is 0 Å².